The number of rotatable bonds is 12. The standard InChI is InChI=1S/C34H39FN2O4S/c1-4-40-34(39)24(3)18-23(2)19-29-22-42-33(36-29)31(37-32(38)27-8-6-5-7-9-27)20-25-12-16-30(17-13-25)41-21-26-10-14-28(35)15-11-26/h10-19,22,27,31H,4-9,20-21H2,1-3H3,(H,37,38)/t31-/m0/s1. The monoisotopic (exact) mass is 590 g/mol. The van der Waals surface area contributed by atoms with E-state index in [1.165, 1.54) is 29.9 Å². The fourth-order valence-corrected chi connectivity index (χ4v) is 5.83. The molecule has 4 rings (SSSR count). The van der Waals surface area contributed by atoms with Gasteiger partial charge < -0.3 is 14.8 Å². The number of ether oxygens (including phenoxy) is 2. The topological polar surface area (TPSA) is 77.5 Å². The third-order valence-electron chi connectivity index (χ3n) is 7.23. The maximum absolute atomic E-state index is 13.2. The zero-order chi connectivity index (χ0) is 29.9. The molecule has 1 aliphatic carbocycles. The SMILES string of the molecule is CCOC(=O)C(C)=CC(C)=Cc1csc([C@H](Cc2ccc(OCc3ccc(F)cc3)cc2)NC(=O)C2CCCCC2)n1. The van der Waals surface area contributed by atoms with Gasteiger partial charge in [0, 0.05) is 16.9 Å². The highest BCUT2D eigenvalue weighted by molar-refractivity contribution is 7.09. The first-order valence-electron chi connectivity index (χ1n) is 14.6. The van der Waals surface area contributed by atoms with E-state index in [0.29, 0.717) is 31.0 Å². The van der Waals surface area contributed by atoms with E-state index in [-0.39, 0.29) is 29.7 Å². The predicted octanol–water partition coefficient (Wildman–Crippen LogP) is 7.75. The second-order valence-corrected chi connectivity index (χ2v) is 11.6. The molecule has 0 bridgehead atoms. The van der Waals surface area contributed by atoms with Crippen LogP contribution in [0.25, 0.3) is 6.08 Å². The average Bonchev–Trinajstić information content (AvgIpc) is 3.46. The summed E-state index contributed by atoms with van der Waals surface area (Å²) in [6.07, 6.45) is 9.53. The van der Waals surface area contributed by atoms with E-state index in [2.05, 4.69) is 5.32 Å². The minimum Gasteiger partial charge on any atom is -0.489 e. The average molecular weight is 591 g/mol. The van der Waals surface area contributed by atoms with Gasteiger partial charge >= 0.3 is 5.97 Å². The normalized spacial score (nSPS) is 15.2. The van der Waals surface area contributed by atoms with E-state index in [1.807, 2.05) is 42.6 Å². The summed E-state index contributed by atoms with van der Waals surface area (Å²) in [5, 5.41) is 6.10. The van der Waals surface area contributed by atoms with E-state index < -0.39 is 0 Å². The zero-order valence-electron chi connectivity index (χ0n) is 24.5. The second kappa shape index (κ2) is 15.4. The van der Waals surface area contributed by atoms with Gasteiger partial charge in [-0.05, 0) is 93.2 Å². The van der Waals surface area contributed by atoms with Crippen LogP contribution in [0, 0.1) is 11.7 Å². The van der Waals surface area contributed by atoms with Gasteiger partial charge in [0.15, 0.2) is 0 Å². The highest BCUT2D eigenvalue weighted by Gasteiger charge is 2.25. The summed E-state index contributed by atoms with van der Waals surface area (Å²) in [5.41, 5.74) is 4.14. The minimum absolute atomic E-state index is 0.0426. The Balaban J connectivity index is 1.47. The number of hydrogen-bond donors (Lipinski definition) is 1. The molecule has 6 nitrogen and oxygen atoms in total. The molecule has 1 saturated carbocycles. The van der Waals surface area contributed by atoms with Crippen LogP contribution in [0.2, 0.25) is 0 Å². The van der Waals surface area contributed by atoms with Crippen molar-refractivity contribution < 1.29 is 23.5 Å². The number of carbonyl (C=O) groups is 2. The van der Waals surface area contributed by atoms with Crippen LogP contribution in [0.5, 0.6) is 5.75 Å². The lowest BCUT2D eigenvalue weighted by atomic mass is 9.88. The maximum atomic E-state index is 13.2. The summed E-state index contributed by atoms with van der Waals surface area (Å²) in [6, 6.07) is 13.8. The van der Waals surface area contributed by atoms with Gasteiger partial charge in [-0.15, -0.1) is 11.3 Å². The van der Waals surface area contributed by atoms with Crippen LogP contribution in [0.4, 0.5) is 4.39 Å². The molecule has 1 aromatic heterocycles. The van der Waals surface area contributed by atoms with Crippen molar-refractivity contribution in [3.05, 3.63) is 98.8 Å². The molecule has 1 fully saturated rings. The number of esters is 1. The van der Waals surface area contributed by atoms with E-state index in [9.17, 15) is 14.0 Å². The number of allylic oxidation sites excluding steroid dienone is 2. The Bertz CT molecular complexity index is 1390. The Morgan fingerprint density at radius 2 is 1.74 bits per heavy atom. The third kappa shape index (κ3) is 9.38. The van der Waals surface area contributed by atoms with Gasteiger partial charge in [-0.3, -0.25) is 4.79 Å². The molecule has 0 saturated heterocycles. The Labute approximate surface area is 251 Å². The molecule has 1 aliphatic rings. The molecule has 0 spiro atoms. The number of carbonyl (C=O) groups excluding carboxylic acids is 2. The maximum Gasteiger partial charge on any atom is 0.333 e. The van der Waals surface area contributed by atoms with Crippen molar-refractivity contribution in [3.8, 4) is 5.75 Å². The van der Waals surface area contributed by atoms with Gasteiger partial charge in [-0.25, -0.2) is 14.2 Å². The van der Waals surface area contributed by atoms with Crippen molar-refractivity contribution in [2.24, 2.45) is 5.92 Å². The summed E-state index contributed by atoms with van der Waals surface area (Å²) < 4.78 is 24.1. The van der Waals surface area contributed by atoms with Crippen LogP contribution < -0.4 is 10.1 Å². The van der Waals surface area contributed by atoms with Gasteiger partial charge in [0.2, 0.25) is 5.91 Å². The fourth-order valence-electron chi connectivity index (χ4n) is 5.01. The minimum atomic E-state index is -0.332. The molecule has 2 aromatic carbocycles. The number of nitrogens with one attached hydrogen (secondary N) is 1. The van der Waals surface area contributed by atoms with Crippen LogP contribution in [0.1, 0.15) is 80.7 Å². The first kappa shape index (κ1) is 31.2. The Morgan fingerprint density at radius 3 is 2.43 bits per heavy atom. The summed E-state index contributed by atoms with van der Waals surface area (Å²) >= 11 is 1.52. The molecule has 0 unspecified atom stereocenters. The number of halogens is 1. The van der Waals surface area contributed by atoms with Gasteiger partial charge in [0.05, 0.1) is 18.3 Å². The third-order valence-corrected chi connectivity index (χ3v) is 8.21. The lowest BCUT2D eigenvalue weighted by Crippen LogP contribution is -2.35. The largest absolute Gasteiger partial charge is 0.489 e. The molecular formula is C34H39FN2O4S. The molecule has 0 radical (unpaired) electrons. The van der Waals surface area contributed by atoms with E-state index in [0.717, 1.165) is 53.1 Å². The first-order valence-corrected chi connectivity index (χ1v) is 15.4. The van der Waals surface area contributed by atoms with Crippen molar-refractivity contribution in [2.45, 2.75) is 71.9 Å². The molecule has 0 aliphatic heterocycles. The van der Waals surface area contributed by atoms with Gasteiger partial charge in [-0.2, -0.15) is 0 Å². The molecule has 1 atom stereocenters. The van der Waals surface area contributed by atoms with E-state index >= 15 is 0 Å². The molecule has 1 amide bonds. The molecule has 1 N–H and O–H groups in total. The van der Waals surface area contributed by atoms with Gasteiger partial charge in [0.1, 0.15) is 23.2 Å². The highest BCUT2D eigenvalue weighted by atomic mass is 32.1. The smallest absolute Gasteiger partial charge is 0.333 e. The molecule has 3 aromatic rings. The molecule has 8 heteroatoms. The quantitative estimate of drug-likeness (QED) is 0.133. The Kier molecular flexibility index (Phi) is 11.5. The number of amides is 1. The summed E-state index contributed by atoms with van der Waals surface area (Å²) in [5.74, 6) is 0.250. The van der Waals surface area contributed by atoms with Crippen molar-refractivity contribution in [1.82, 2.24) is 10.3 Å². The van der Waals surface area contributed by atoms with Gasteiger partial charge in [-0.1, -0.05) is 43.5 Å². The van der Waals surface area contributed by atoms with Crippen molar-refractivity contribution >= 4 is 29.3 Å². The van der Waals surface area contributed by atoms with Crippen LogP contribution in [0.3, 0.4) is 0 Å². The van der Waals surface area contributed by atoms with E-state index in [4.69, 9.17) is 14.5 Å². The first-order chi connectivity index (χ1) is 20.3. The van der Waals surface area contributed by atoms with Crippen molar-refractivity contribution in [2.75, 3.05) is 6.61 Å². The molecule has 222 valence electrons. The van der Waals surface area contributed by atoms with Crippen molar-refractivity contribution in [3.63, 3.8) is 0 Å². The van der Waals surface area contributed by atoms with E-state index in [1.54, 1.807) is 32.1 Å². The number of nitrogens with zero attached hydrogens (tertiary/aromatic N) is 1. The predicted molar refractivity (Wildman–Crippen MR) is 164 cm³/mol. The summed E-state index contributed by atoms with van der Waals surface area (Å²) in [6.45, 7) is 6.12. The fraction of sp³-hybridized carbons (Fsp3) is 0.382. The Morgan fingerprint density at radius 1 is 1.05 bits per heavy atom. The number of aromatic nitrogens is 1. The number of benzene rings is 2. The second-order valence-electron chi connectivity index (χ2n) is 10.7. The lowest BCUT2D eigenvalue weighted by Gasteiger charge is -2.24. The number of hydrogen-bond acceptors (Lipinski definition) is 6. The van der Waals surface area contributed by atoms with Crippen LogP contribution in [-0.4, -0.2) is 23.5 Å². The Hall–Kier alpha value is -3.78. The highest BCUT2D eigenvalue weighted by Crippen LogP contribution is 2.28. The van der Waals surface area contributed by atoms with Gasteiger partial charge in [0.25, 0.3) is 0 Å². The summed E-state index contributed by atoms with van der Waals surface area (Å²) in [7, 11) is 0. The van der Waals surface area contributed by atoms with Crippen LogP contribution in [0.15, 0.2) is 71.1 Å². The zero-order valence-corrected chi connectivity index (χ0v) is 25.3. The van der Waals surface area contributed by atoms with Crippen molar-refractivity contribution in [1.29, 1.82) is 0 Å². The molecule has 42 heavy (non-hydrogen) atoms. The van der Waals surface area contributed by atoms with Crippen LogP contribution >= 0.6 is 11.3 Å². The molecular weight excluding hydrogens is 551 g/mol. The molecule has 1 heterocycles. The summed E-state index contributed by atoms with van der Waals surface area (Å²) in [4.78, 5) is 30.1. The lowest BCUT2D eigenvalue weighted by molar-refractivity contribution is -0.138. The van der Waals surface area contributed by atoms with Crippen LogP contribution in [-0.2, 0) is 27.4 Å². The number of thiazole rings is 1.